The van der Waals surface area contributed by atoms with E-state index in [0.29, 0.717) is 11.4 Å². The molecule has 0 saturated heterocycles. The Hall–Kier alpha value is -1.80. The average molecular weight is 417 g/mol. The lowest BCUT2D eigenvalue weighted by Gasteiger charge is -2.13. The van der Waals surface area contributed by atoms with E-state index in [9.17, 15) is 13.2 Å². The number of hydrogen-bond donors (Lipinski definition) is 2. The van der Waals surface area contributed by atoms with Gasteiger partial charge < -0.3 is 10.1 Å². The third-order valence-corrected chi connectivity index (χ3v) is 5.73. The Labute approximate surface area is 162 Å². The minimum absolute atomic E-state index is 0.00369. The highest BCUT2D eigenvalue weighted by Gasteiger charge is 2.23. The number of benzene rings is 2. The number of hydrogen-bond acceptors (Lipinski definition) is 4. The summed E-state index contributed by atoms with van der Waals surface area (Å²) in [4.78, 5) is 12.3. The lowest BCUT2D eigenvalue weighted by atomic mass is 10.2. The average Bonchev–Trinajstić information content (AvgIpc) is 2.54. The van der Waals surface area contributed by atoms with Gasteiger partial charge in [0.15, 0.2) is 0 Å². The first kappa shape index (κ1) is 20.5. The molecule has 0 radical (unpaired) electrons. The minimum Gasteiger partial charge on any atom is -0.497 e. The van der Waals surface area contributed by atoms with Crippen LogP contribution in [0.25, 0.3) is 0 Å². The molecule has 0 atom stereocenters. The van der Waals surface area contributed by atoms with Gasteiger partial charge in [-0.2, -0.15) is 0 Å². The van der Waals surface area contributed by atoms with E-state index in [1.807, 2.05) is 0 Å². The summed E-state index contributed by atoms with van der Waals surface area (Å²) in [6.45, 7) is 3.36. The first-order chi connectivity index (χ1) is 12.1. The van der Waals surface area contributed by atoms with E-state index >= 15 is 0 Å². The largest absolute Gasteiger partial charge is 0.497 e. The lowest BCUT2D eigenvalue weighted by Crippen LogP contribution is -2.30. The highest BCUT2D eigenvalue weighted by molar-refractivity contribution is 7.89. The number of rotatable bonds is 6. The second kappa shape index (κ2) is 8.26. The molecule has 0 heterocycles. The summed E-state index contributed by atoms with van der Waals surface area (Å²) in [5.74, 6) is 0.0819. The quantitative estimate of drug-likeness (QED) is 0.746. The Morgan fingerprint density at radius 1 is 1.08 bits per heavy atom. The van der Waals surface area contributed by atoms with E-state index in [1.54, 1.807) is 38.1 Å². The molecular weight excluding hydrogens is 399 g/mol. The number of methoxy groups -OCH3 is 1. The molecule has 0 saturated carbocycles. The number of nitrogens with one attached hydrogen (secondary N) is 2. The summed E-state index contributed by atoms with van der Waals surface area (Å²) in [6, 6.07) is 8.73. The van der Waals surface area contributed by atoms with Gasteiger partial charge in [0.2, 0.25) is 10.0 Å². The number of ether oxygens (including phenoxy) is 1. The monoisotopic (exact) mass is 416 g/mol. The smallest absolute Gasteiger partial charge is 0.257 e. The van der Waals surface area contributed by atoms with Gasteiger partial charge in [0, 0.05) is 11.7 Å². The van der Waals surface area contributed by atoms with E-state index in [0.717, 1.165) is 6.07 Å². The predicted octanol–water partition coefficient (Wildman–Crippen LogP) is 3.94. The van der Waals surface area contributed by atoms with Crippen molar-refractivity contribution in [3.8, 4) is 5.75 Å². The lowest BCUT2D eigenvalue weighted by molar-refractivity contribution is 0.102. The maximum atomic E-state index is 12.5. The van der Waals surface area contributed by atoms with Crippen LogP contribution in [0, 0.1) is 0 Å². The Morgan fingerprint density at radius 3 is 2.23 bits per heavy atom. The zero-order valence-electron chi connectivity index (χ0n) is 14.3. The molecule has 0 bridgehead atoms. The number of anilines is 1. The van der Waals surface area contributed by atoms with Gasteiger partial charge in [-0.15, -0.1) is 0 Å². The molecule has 2 N–H and O–H groups in total. The molecule has 0 aliphatic carbocycles. The van der Waals surface area contributed by atoms with Crippen LogP contribution in [-0.2, 0) is 10.0 Å². The molecule has 2 aromatic carbocycles. The third-order valence-electron chi connectivity index (χ3n) is 3.29. The van der Waals surface area contributed by atoms with Crippen LogP contribution in [0.4, 0.5) is 5.69 Å². The van der Waals surface area contributed by atoms with Gasteiger partial charge >= 0.3 is 0 Å². The van der Waals surface area contributed by atoms with Crippen LogP contribution in [0.15, 0.2) is 41.3 Å². The molecule has 2 rings (SSSR count). The van der Waals surface area contributed by atoms with Crippen molar-refractivity contribution in [2.24, 2.45) is 0 Å². The Balaban J connectivity index is 2.36. The second-order valence-corrected chi connectivity index (χ2v) is 8.22. The summed E-state index contributed by atoms with van der Waals surface area (Å²) in [7, 11) is -2.35. The fourth-order valence-electron chi connectivity index (χ4n) is 2.16. The first-order valence-electron chi connectivity index (χ1n) is 7.61. The highest BCUT2D eigenvalue weighted by atomic mass is 35.5. The van der Waals surface area contributed by atoms with Gasteiger partial charge in [-0.1, -0.05) is 23.2 Å². The zero-order valence-corrected chi connectivity index (χ0v) is 16.7. The van der Waals surface area contributed by atoms with Crippen molar-refractivity contribution in [2.75, 3.05) is 12.4 Å². The van der Waals surface area contributed by atoms with E-state index in [4.69, 9.17) is 27.9 Å². The number of carbonyl (C=O) groups is 1. The molecule has 26 heavy (non-hydrogen) atoms. The molecule has 0 aliphatic heterocycles. The van der Waals surface area contributed by atoms with E-state index in [2.05, 4.69) is 10.0 Å². The molecule has 0 fully saturated rings. The highest BCUT2D eigenvalue weighted by Crippen LogP contribution is 2.29. The number of halogens is 2. The van der Waals surface area contributed by atoms with Crippen LogP contribution in [0.3, 0.4) is 0 Å². The normalized spacial score (nSPS) is 11.5. The van der Waals surface area contributed by atoms with Crippen LogP contribution >= 0.6 is 23.2 Å². The van der Waals surface area contributed by atoms with E-state index in [1.165, 1.54) is 13.2 Å². The Morgan fingerprint density at radius 2 is 1.69 bits per heavy atom. The summed E-state index contributed by atoms with van der Waals surface area (Å²) in [5.41, 5.74) is 0.502. The third kappa shape index (κ3) is 4.88. The van der Waals surface area contributed by atoms with Crippen LogP contribution in [-0.4, -0.2) is 27.5 Å². The van der Waals surface area contributed by atoms with Gasteiger partial charge in [-0.25, -0.2) is 13.1 Å². The summed E-state index contributed by atoms with van der Waals surface area (Å²) in [6.07, 6.45) is 0. The number of amides is 1. The SMILES string of the molecule is COc1ccc(NC(=O)c2cc(S(=O)(=O)NC(C)C)c(Cl)cc2Cl)cc1. The summed E-state index contributed by atoms with van der Waals surface area (Å²) >= 11 is 12.1. The molecule has 0 aliphatic rings. The fourth-order valence-corrected chi connectivity index (χ4v) is 4.27. The number of sulfonamides is 1. The Kier molecular flexibility index (Phi) is 6.52. The molecular formula is C17H18Cl2N2O4S. The van der Waals surface area contributed by atoms with Crippen LogP contribution in [0.1, 0.15) is 24.2 Å². The van der Waals surface area contributed by atoms with Gasteiger partial charge in [0.05, 0.1) is 22.7 Å². The Bertz CT molecular complexity index is 913. The topological polar surface area (TPSA) is 84.5 Å². The van der Waals surface area contributed by atoms with E-state index in [-0.39, 0.29) is 26.5 Å². The molecule has 9 heteroatoms. The maximum Gasteiger partial charge on any atom is 0.257 e. The van der Waals surface area contributed by atoms with Crippen molar-refractivity contribution in [3.05, 3.63) is 52.0 Å². The minimum atomic E-state index is -3.88. The van der Waals surface area contributed by atoms with Gasteiger partial charge in [-0.05, 0) is 50.2 Å². The van der Waals surface area contributed by atoms with Crippen molar-refractivity contribution in [3.63, 3.8) is 0 Å². The molecule has 2 aromatic rings. The molecule has 0 spiro atoms. The van der Waals surface area contributed by atoms with Crippen molar-refractivity contribution >= 4 is 44.8 Å². The van der Waals surface area contributed by atoms with Gasteiger partial charge in [0.1, 0.15) is 10.6 Å². The zero-order chi connectivity index (χ0) is 19.5. The van der Waals surface area contributed by atoms with E-state index < -0.39 is 15.9 Å². The van der Waals surface area contributed by atoms with Crippen LogP contribution in [0.5, 0.6) is 5.75 Å². The molecule has 0 aromatic heterocycles. The van der Waals surface area contributed by atoms with Gasteiger partial charge in [-0.3, -0.25) is 4.79 Å². The molecule has 6 nitrogen and oxygen atoms in total. The van der Waals surface area contributed by atoms with Crippen molar-refractivity contribution < 1.29 is 17.9 Å². The number of carbonyl (C=O) groups excluding carboxylic acids is 1. The second-order valence-electron chi connectivity index (χ2n) is 5.72. The molecule has 0 unspecified atom stereocenters. The van der Waals surface area contributed by atoms with Crippen molar-refractivity contribution in [2.45, 2.75) is 24.8 Å². The summed E-state index contributed by atoms with van der Waals surface area (Å²) < 4.78 is 32.3. The van der Waals surface area contributed by atoms with Crippen LogP contribution in [0.2, 0.25) is 10.0 Å². The standard InChI is InChI=1S/C17H18Cl2N2O4S/c1-10(2)21-26(23,24)16-8-13(14(18)9-15(16)19)17(22)20-11-4-6-12(25-3)7-5-11/h4-10,21H,1-3H3,(H,20,22). The summed E-state index contributed by atoms with van der Waals surface area (Å²) in [5, 5.41) is 2.63. The van der Waals surface area contributed by atoms with Gasteiger partial charge in [0.25, 0.3) is 5.91 Å². The fraction of sp³-hybridized carbons (Fsp3) is 0.235. The van der Waals surface area contributed by atoms with Crippen LogP contribution < -0.4 is 14.8 Å². The molecule has 1 amide bonds. The first-order valence-corrected chi connectivity index (χ1v) is 9.84. The predicted molar refractivity (Wildman–Crippen MR) is 103 cm³/mol. The van der Waals surface area contributed by atoms with Crippen molar-refractivity contribution in [1.29, 1.82) is 0 Å². The van der Waals surface area contributed by atoms with Crippen molar-refractivity contribution in [1.82, 2.24) is 4.72 Å². The molecule has 140 valence electrons. The maximum absolute atomic E-state index is 12.5.